The van der Waals surface area contributed by atoms with Gasteiger partial charge in [-0.1, -0.05) is 0 Å². The van der Waals surface area contributed by atoms with Crippen molar-refractivity contribution in [1.82, 2.24) is 0 Å². The molecule has 8 heteroatoms. The largest absolute Gasteiger partial charge is 0.460 e. The SMILES string of the molecule is COCCOC(=O)c1cc(S(N)(=O)=O)c(C)cc1F. The van der Waals surface area contributed by atoms with E-state index in [1.54, 1.807) is 0 Å². The zero-order valence-corrected chi connectivity index (χ0v) is 11.3. The number of carbonyl (C=O) groups is 1. The van der Waals surface area contributed by atoms with Crippen LogP contribution in [0.3, 0.4) is 0 Å². The molecule has 2 N–H and O–H groups in total. The van der Waals surface area contributed by atoms with Crippen LogP contribution in [0.15, 0.2) is 17.0 Å². The first kappa shape index (κ1) is 15.5. The van der Waals surface area contributed by atoms with Gasteiger partial charge in [-0.2, -0.15) is 0 Å². The summed E-state index contributed by atoms with van der Waals surface area (Å²) >= 11 is 0. The van der Waals surface area contributed by atoms with E-state index < -0.39 is 27.4 Å². The van der Waals surface area contributed by atoms with E-state index in [0.717, 1.165) is 12.1 Å². The van der Waals surface area contributed by atoms with E-state index >= 15 is 0 Å². The molecule has 0 spiro atoms. The molecule has 0 saturated carbocycles. The Bertz CT molecular complexity index is 585. The molecule has 19 heavy (non-hydrogen) atoms. The van der Waals surface area contributed by atoms with Crippen LogP contribution in [0.25, 0.3) is 0 Å². The number of primary sulfonamides is 1. The molecule has 1 aromatic carbocycles. The molecule has 0 aliphatic carbocycles. The Kier molecular flexibility index (Phi) is 4.98. The number of hydrogen-bond acceptors (Lipinski definition) is 5. The van der Waals surface area contributed by atoms with Gasteiger partial charge in [0.2, 0.25) is 10.0 Å². The Labute approximate surface area is 110 Å². The highest BCUT2D eigenvalue weighted by Crippen LogP contribution is 2.19. The third-order valence-corrected chi connectivity index (χ3v) is 3.36. The average Bonchev–Trinajstić information content (AvgIpc) is 2.27. The molecule has 0 amide bonds. The van der Waals surface area contributed by atoms with Gasteiger partial charge in [0.15, 0.2) is 0 Å². The molecule has 0 unspecified atom stereocenters. The molecule has 106 valence electrons. The Hall–Kier alpha value is -1.51. The van der Waals surface area contributed by atoms with Gasteiger partial charge in [0, 0.05) is 7.11 Å². The van der Waals surface area contributed by atoms with Crippen molar-refractivity contribution in [3.63, 3.8) is 0 Å². The molecular formula is C11H14FNO5S. The molecule has 0 aromatic heterocycles. The van der Waals surface area contributed by atoms with Gasteiger partial charge in [0.05, 0.1) is 17.1 Å². The van der Waals surface area contributed by atoms with Crippen LogP contribution < -0.4 is 5.14 Å². The lowest BCUT2D eigenvalue weighted by atomic mass is 10.1. The van der Waals surface area contributed by atoms with Gasteiger partial charge < -0.3 is 9.47 Å². The van der Waals surface area contributed by atoms with Crippen LogP contribution in [-0.2, 0) is 19.5 Å². The van der Waals surface area contributed by atoms with Crippen molar-refractivity contribution >= 4 is 16.0 Å². The number of carbonyl (C=O) groups excluding carboxylic acids is 1. The van der Waals surface area contributed by atoms with Gasteiger partial charge in [0.25, 0.3) is 0 Å². The van der Waals surface area contributed by atoms with E-state index in [-0.39, 0.29) is 23.7 Å². The van der Waals surface area contributed by atoms with Gasteiger partial charge in [-0.25, -0.2) is 22.7 Å². The minimum atomic E-state index is -4.03. The molecule has 0 heterocycles. The van der Waals surface area contributed by atoms with Crippen molar-refractivity contribution in [2.75, 3.05) is 20.3 Å². The maximum absolute atomic E-state index is 13.6. The minimum Gasteiger partial charge on any atom is -0.460 e. The predicted octanol–water partition coefficient (Wildman–Crippen LogP) is 0.585. The molecule has 0 radical (unpaired) electrons. The average molecular weight is 291 g/mol. The summed E-state index contributed by atoms with van der Waals surface area (Å²) in [4.78, 5) is 11.3. The van der Waals surface area contributed by atoms with Crippen molar-refractivity contribution in [3.05, 3.63) is 29.1 Å². The molecule has 0 fully saturated rings. The van der Waals surface area contributed by atoms with E-state index in [9.17, 15) is 17.6 Å². The Morgan fingerprint density at radius 2 is 2.00 bits per heavy atom. The standard InChI is InChI=1S/C11H14FNO5S/c1-7-5-9(12)8(6-10(7)19(13,15)16)11(14)18-4-3-17-2/h5-6H,3-4H2,1-2H3,(H2,13,15,16). The molecule has 1 rings (SSSR count). The Morgan fingerprint density at radius 1 is 1.37 bits per heavy atom. The Morgan fingerprint density at radius 3 is 2.53 bits per heavy atom. The smallest absolute Gasteiger partial charge is 0.341 e. The van der Waals surface area contributed by atoms with Gasteiger partial charge in [-0.3, -0.25) is 0 Å². The topological polar surface area (TPSA) is 95.7 Å². The summed E-state index contributed by atoms with van der Waals surface area (Å²) in [7, 11) is -2.61. The lowest BCUT2D eigenvalue weighted by Gasteiger charge is -2.09. The summed E-state index contributed by atoms with van der Waals surface area (Å²) in [5.41, 5.74) is -0.362. The number of rotatable bonds is 5. The van der Waals surface area contributed by atoms with Crippen LogP contribution >= 0.6 is 0 Å². The third-order valence-electron chi connectivity index (χ3n) is 2.31. The number of methoxy groups -OCH3 is 1. The first-order chi connectivity index (χ1) is 8.77. The molecule has 0 aliphatic heterocycles. The third kappa shape index (κ3) is 3.98. The summed E-state index contributed by atoms with van der Waals surface area (Å²) in [6.45, 7) is 1.47. The highest BCUT2D eigenvalue weighted by Gasteiger charge is 2.20. The van der Waals surface area contributed by atoms with Crippen molar-refractivity contribution in [1.29, 1.82) is 0 Å². The van der Waals surface area contributed by atoms with Crippen molar-refractivity contribution in [3.8, 4) is 0 Å². The second kappa shape index (κ2) is 6.09. The highest BCUT2D eigenvalue weighted by molar-refractivity contribution is 7.89. The number of nitrogens with two attached hydrogens (primary N) is 1. The minimum absolute atomic E-state index is 0.0621. The lowest BCUT2D eigenvalue weighted by Crippen LogP contribution is -2.17. The number of benzene rings is 1. The van der Waals surface area contributed by atoms with Crippen molar-refractivity contribution in [2.45, 2.75) is 11.8 Å². The number of halogens is 1. The molecule has 0 bridgehead atoms. The maximum atomic E-state index is 13.6. The summed E-state index contributed by atoms with van der Waals surface area (Å²) in [6, 6.07) is 1.79. The number of hydrogen-bond donors (Lipinski definition) is 1. The molecule has 1 aromatic rings. The second-order valence-electron chi connectivity index (χ2n) is 3.77. The van der Waals surface area contributed by atoms with Crippen LogP contribution in [0.2, 0.25) is 0 Å². The van der Waals surface area contributed by atoms with Gasteiger partial charge in [-0.05, 0) is 24.6 Å². The van der Waals surface area contributed by atoms with Crippen LogP contribution in [0.1, 0.15) is 15.9 Å². The maximum Gasteiger partial charge on any atom is 0.341 e. The fraction of sp³-hybridized carbons (Fsp3) is 0.364. The zero-order chi connectivity index (χ0) is 14.6. The molecule has 0 saturated heterocycles. The number of esters is 1. The summed E-state index contributed by atoms with van der Waals surface area (Å²) < 4.78 is 45.6. The number of ether oxygens (including phenoxy) is 2. The van der Waals surface area contributed by atoms with Crippen molar-refractivity contribution in [2.24, 2.45) is 5.14 Å². The normalized spacial score (nSPS) is 11.4. The first-order valence-corrected chi connectivity index (χ1v) is 6.81. The lowest BCUT2D eigenvalue weighted by molar-refractivity contribution is 0.0383. The fourth-order valence-corrected chi connectivity index (χ4v) is 2.20. The van der Waals surface area contributed by atoms with Crippen molar-refractivity contribution < 1.29 is 27.1 Å². The van der Waals surface area contributed by atoms with E-state index in [4.69, 9.17) is 9.88 Å². The number of sulfonamides is 1. The van der Waals surface area contributed by atoms with Crippen LogP contribution in [0, 0.1) is 12.7 Å². The van der Waals surface area contributed by atoms with Gasteiger partial charge in [-0.15, -0.1) is 0 Å². The fourth-order valence-electron chi connectivity index (χ4n) is 1.41. The Balaban J connectivity index is 3.11. The molecule has 6 nitrogen and oxygen atoms in total. The zero-order valence-electron chi connectivity index (χ0n) is 10.5. The molecular weight excluding hydrogens is 277 g/mol. The second-order valence-corrected chi connectivity index (χ2v) is 5.30. The predicted molar refractivity (Wildman–Crippen MR) is 64.7 cm³/mol. The number of aryl methyl sites for hydroxylation is 1. The van der Waals surface area contributed by atoms with E-state index in [1.165, 1.54) is 14.0 Å². The quantitative estimate of drug-likeness (QED) is 0.632. The van der Waals surface area contributed by atoms with Gasteiger partial charge >= 0.3 is 5.97 Å². The molecule has 0 aliphatic rings. The van der Waals surface area contributed by atoms with Crippen LogP contribution in [0.4, 0.5) is 4.39 Å². The van der Waals surface area contributed by atoms with Crippen LogP contribution in [-0.4, -0.2) is 34.7 Å². The van der Waals surface area contributed by atoms with E-state index in [2.05, 4.69) is 4.74 Å². The van der Waals surface area contributed by atoms with E-state index in [0.29, 0.717) is 0 Å². The summed E-state index contributed by atoms with van der Waals surface area (Å²) in [5, 5.41) is 4.98. The van der Waals surface area contributed by atoms with Crippen LogP contribution in [0.5, 0.6) is 0 Å². The summed E-state index contributed by atoms with van der Waals surface area (Å²) in [5.74, 6) is -1.84. The van der Waals surface area contributed by atoms with Gasteiger partial charge in [0.1, 0.15) is 12.4 Å². The first-order valence-electron chi connectivity index (χ1n) is 5.26. The summed E-state index contributed by atoms with van der Waals surface area (Å²) in [6.07, 6.45) is 0. The van der Waals surface area contributed by atoms with E-state index in [1.807, 2.05) is 0 Å². The highest BCUT2D eigenvalue weighted by atomic mass is 32.2. The monoisotopic (exact) mass is 291 g/mol. The molecule has 0 atom stereocenters.